The number of nitrogens with one attached hydrogen (secondary N) is 1. The van der Waals surface area contributed by atoms with Crippen molar-refractivity contribution < 1.29 is 28.6 Å². The molecule has 0 unspecified atom stereocenters. The Morgan fingerprint density at radius 1 is 1.06 bits per heavy atom. The maximum atomic E-state index is 13.2. The predicted molar refractivity (Wildman–Crippen MR) is 126 cm³/mol. The molecule has 10 heteroatoms. The van der Waals surface area contributed by atoms with Crippen molar-refractivity contribution in [2.45, 2.75) is 0 Å². The number of ether oxygens (including phenoxy) is 1. The molecule has 176 valence electrons. The van der Waals surface area contributed by atoms with Gasteiger partial charge in [-0.1, -0.05) is 12.1 Å². The fraction of sp³-hybridized carbons (Fsp3) is 0.0385. The van der Waals surface area contributed by atoms with Gasteiger partial charge in [-0.25, -0.2) is 19.1 Å². The monoisotopic (exact) mass is 482 g/mol. The van der Waals surface area contributed by atoms with Crippen LogP contribution in [0.15, 0.2) is 72.5 Å². The van der Waals surface area contributed by atoms with E-state index >= 15 is 0 Å². The number of nitrogens with zero attached hydrogens (tertiary/aromatic N) is 3. The summed E-state index contributed by atoms with van der Waals surface area (Å²) in [5.41, 5.74) is 1.29. The second-order valence-corrected chi connectivity index (χ2v) is 7.79. The lowest BCUT2D eigenvalue weighted by Gasteiger charge is -2.13. The summed E-state index contributed by atoms with van der Waals surface area (Å²) in [7, 11) is 0. The maximum Gasteiger partial charge on any atom is 0.338 e. The van der Waals surface area contributed by atoms with Gasteiger partial charge >= 0.3 is 5.97 Å². The Hall–Kier alpha value is -5.30. The van der Waals surface area contributed by atoms with E-state index in [1.54, 1.807) is 24.3 Å². The number of rotatable bonds is 5. The summed E-state index contributed by atoms with van der Waals surface area (Å²) >= 11 is 0. The molecule has 36 heavy (non-hydrogen) atoms. The number of halogens is 1. The average molecular weight is 482 g/mol. The number of anilines is 1. The zero-order valence-electron chi connectivity index (χ0n) is 18.4. The highest BCUT2D eigenvalue weighted by Crippen LogP contribution is 2.29. The zero-order valence-corrected chi connectivity index (χ0v) is 18.4. The molecule has 9 nitrogen and oxygen atoms in total. The van der Waals surface area contributed by atoms with E-state index in [0.717, 1.165) is 17.0 Å². The van der Waals surface area contributed by atoms with Crippen LogP contribution in [0.25, 0.3) is 16.6 Å². The molecule has 0 radical (unpaired) electrons. The number of para-hydroxylation sites is 2. The molecular weight excluding hydrogens is 467 g/mol. The van der Waals surface area contributed by atoms with Crippen LogP contribution in [0.4, 0.5) is 10.1 Å². The van der Waals surface area contributed by atoms with Crippen LogP contribution in [0.2, 0.25) is 0 Å². The standard InChI is InChI=1S/C26H15FN4O5/c27-15-6-8-16(9-7-15)31-24(33)17-10-5-14(11-18(17)25(31)34)26(35)36-13-22(32)19(12-28)23-29-20-3-1-2-4-21(20)30-23/h1-11,32H,13H2,(H,29,30). The van der Waals surface area contributed by atoms with Crippen LogP contribution in [-0.4, -0.2) is 39.5 Å². The van der Waals surface area contributed by atoms with E-state index < -0.39 is 36.0 Å². The molecule has 1 aliphatic heterocycles. The lowest BCUT2D eigenvalue weighted by atomic mass is 10.1. The first kappa shape index (κ1) is 22.5. The van der Waals surface area contributed by atoms with E-state index in [0.29, 0.717) is 11.0 Å². The molecule has 3 aromatic carbocycles. The number of nitriles is 1. The Bertz CT molecular complexity index is 1600. The normalized spacial score (nSPS) is 13.4. The second kappa shape index (κ2) is 8.81. The number of H-pyrrole nitrogens is 1. The number of aliphatic hydroxyl groups is 1. The molecule has 0 aliphatic carbocycles. The SMILES string of the molecule is N#CC(=C(O)COC(=O)c1ccc2c(c1)C(=O)N(c1ccc(F)cc1)C2=O)c1nc2ccccc2[nH]1. The molecule has 0 bridgehead atoms. The van der Waals surface area contributed by atoms with Crippen molar-refractivity contribution in [2.24, 2.45) is 0 Å². The molecule has 1 aromatic heterocycles. The van der Waals surface area contributed by atoms with Gasteiger partial charge in [-0.05, 0) is 54.6 Å². The molecule has 5 rings (SSSR count). The topological polar surface area (TPSA) is 136 Å². The van der Waals surface area contributed by atoms with Gasteiger partial charge < -0.3 is 14.8 Å². The van der Waals surface area contributed by atoms with E-state index in [1.165, 1.54) is 30.3 Å². The smallest absolute Gasteiger partial charge is 0.338 e. The van der Waals surface area contributed by atoms with Crippen molar-refractivity contribution in [3.63, 3.8) is 0 Å². The Morgan fingerprint density at radius 2 is 1.78 bits per heavy atom. The third-order valence-corrected chi connectivity index (χ3v) is 5.57. The lowest BCUT2D eigenvalue weighted by Crippen LogP contribution is -2.29. The number of imide groups is 1. The van der Waals surface area contributed by atoms with E-state index in [2.05, 4.69) is 9.97 Å². The van der Waals surface area contributed by atoms with Gasteiger partial charge in [-0.3, -0.25) is 9.59 Å². The molecule has 1 aliphatic rings. The number of carbonyl (C=O) groups is 3. The van der Waals surface area contributed by atoms with Crippen LogP contribution in [0, 0.1) is 17.1 Å². The van der Waals surface area contributed by atoms with E-state index in [9.17, 15) is 29.1 Å². The number of hydrogen-bond acceptors (Lipinski definition) is 7. The Balaban J connectivity index is 1.35. The Morgan fingerprint density at radius 3 is 2.50 bits per heavy atom. The van der Waals surface area contributed by atoms with Crippen LogP contribution in [0.3, 0.4) is 0 Å². The second-order valence-electron chi connectivity index (χ2n) is 7.79. The van der Waals surface area contributed by atoms with Crippen LogP contribution < -0.4 is 4.90 Å². The number of carbonyl (C=O) groups excluding carboxylic acids is 3. The number of aromatic amines is 1. The highest BCUT2D eigenvalue weighted by molar-refractivity contribution is 6.34. The van der Waals surface area contributed by atoms with Crippen molar-refractivity contribution >= 4 is 40.1 Å². The van der Waals surface area contributed by atoms with Crippen LogP contribution in [0.1, 0.15) is 36.9 Å². The van der Waals surface area contributed by atoms with Gasteiger partial charge in [0.2, 0.25) is 0 Å². The summed E-state index contributed by atoms with van der Waals surface area (Å²) in [5.74, 6) is -3.07. The highest BCUT2D eigenvalue weighted by atomic mass is 19.1. The molecule has 2 N–H and O–H groups in total. The van der Waals surface area contributed by atoms with Crippen molar-refractivity contribution in [3.8, 4) is 6.07 Å². The van der Waals surface area contributed by atoms with Crippen molar-refractivity contribution in [1.82, 2.24) is 9.97 Å². The first-order chi connectivity index (χ1) is 17.4. The third-order valence-electron chi connectivity index (χ3n) is 5.57. The fourth-order valence-corrected chi connectivity index (χ4v) is 3.81. The number of esters is 1. The number of aliphatic hydroxyl groups excluding tert-OH is 1. The van der Waals surface area contributed by atoms with Crippen LogP contribution in [0.5, 0.6) is 0 Å². The maximum absolute atomic E-state index is 13.2. The van der Waals surface area contributed by atoms with Crippen LogP contribution in [-0.2, 0) is 4.74 Å². The summed E-state index contributed by atoms with van der Waals surface area (Å²) < 4.78 is 18.4. The molecule has 0 atom stereocenters. The van der Waals surface area contributed by atoms with Gasteiger partial charge in [0.05, 0.1) is 33.4 Å². The molecule has 0 fully saturated rings. The van der Waals surface area contributed by atoms with Gasteiger partial charge in [-0.2, -0.15) is 5.26 Å². The lowest BCUT2D eigenvalue weighted by molar-refractivity contribution is 0.0502. The number of imidazole rings is 1. The molecule has 2 heterocycles. The van der Waals surface area contributed by atoms with E-state index in [-0.39, 0.29) is 33.8 Å². The number of hydrogen-bond donors (Lipinski definition) is 2. The van der Waals surface area contributed by atoms with E-state index in [4.69, 9.17) is 4.74 Å². The summed E-state index contributed by atoms with van der Waals surface area (Å²) in [5, 5.41) is 19.9. The first-order valence-electron chi connectivity index (χ1n) is 10.6. The average Bonchev–Trinajstić information content (AvgIpc) is 3.42. The van der Waals surface area contributed by atoms with Gasteiger partial charge in [0.1, 0.15) is 24.1 Å². The molecule has 0 saturated heterocycles. The summed E-state index contributed by atoms with van der Waals surface area (Å²) in [4.78, 5) is 46.2. The predicted octanol–water partition coefficient (Wildman–Crippen LogP) is 4.15. The summed E-state index contributed by atoms with van der Waals surface area (Å²) in [6.45, 7) is -0.621. The number of allylic oxidation sites excluding steroid dienone is 1. The van der Waals surface area contributed by atoms with Gasteiger partial charge in [0.15, 0.2) is 11.6 Å². The highest BCUT2D eigenvalue weighted by Gasteiger charge is 2.37. The Labute approximate surface area is 202 Å². The fourth-order valence-electron chi connectivity index (χ4n) is 3.81. The number of fused-ring (bicyclic) bond motifs is 2. The summed E-state index contributed by atoms with van der Waals surface area (Å²) in [6, 6.07) is 17.6. The van der Waals surface area contributed by atoms with Crippen molar-refractivity contribution in [2.75, 3.05) is 11.5 Å². The number of benzene rings is 3. The minimum absolute atomic E-state index is 0.0153. The van der Waals surface area contributed by atoms with E-state index in [1.807, 2.05) is 6.07 Å². The van der Waals surface area contributed by atoms with Gasteiger partial charge in [-0.15, -0.1) is 0 Å². The number of amides is 2. The quantitative estimate of drug-likeness (QED) is 0.189. The minimum Gasteiger partial charge on any atom is -0.507 e. The third kappa shape index (κ3) is 3.84. The number of aromatic nitrogens is 2. The molecule has 2 amide bonds. The Kier molecular flexibility index (Phi) is 5.50. The zero-order chi connectivity index (χ0) is 25.4. The van der Waals surface area contributed by atoms with Gasteiger partial charge in [0, 0.05) is 0 Å². The minimum atomic E-state index is -0.883. The van der Waals surface area contributed by atoms with Crippen molar-refractivity contribution in [1.29, 1.82) is 5.26 Å². The molecular formula is C26H15FN4O5. The largest absolute Gasteiger partial charge is 0.507 e. The molecule has 0 spiro atoms. The molecule has 0 saturated carbocycles. The molecule has 4 aromatic rings. The van der Waals surface area contributed by atoms with Crippen molar-refractivity contribution in [3.05, 3.63) is 101 Å². The van der Waals surface area contributed by atoms with Crippen LogP contribution >= 0.6 is 0 Å². The van der Waals surface area contributed by atoms with Gasteiger partial charge in [0.25, 0.3) is 11.8 Å². The first-order valence-corrected chi connectivity index (χ1v) is 10.6. The summed E-state index contributed by atoms with van der Waals surface area (Å²) in [6.07, 6.45) is 0.